The average molecular weight is 404 g/mol. The largest absolute Gasteiger partial charge is 0.332 e. The Morgan fingerprint density at radius 2 is 1.48 bits per heavy atom. The van der Waals surface area contributed by atoms with Gasteiger partial charge in [0.1, 0.15) is 0 Å². The van der Waals surface area contributed by atoms with Gasteiger partial charge in [0.25, 0.3) is 5.91 Å². The van der Waals surface area contributed by atoms with E-state index in [4.69, 9.17) is 12.2 Å². The molecule has 0 saturated carbocycles. The number of rotatable bonds is 5. The fourth-order valence-electron chi connectivity index (χ4n) is 2.74. The predicted molar refractivity (Wildman–Crippen MR) is 120 cm³/mol. The van der Waals surface area contributed by atoms with Crippen LogP contribution in [0.2, 0.25) is 0 Å². The van der Waals surface area contributed by atoms with Crippen LogP contribution in [0.15, 0.2) is 78.9 Å². The molecule has 0 unspecified atom stereocenters. The fourth-order valence-corrected chi connectivity index (χ4v) is 2.97. The van der Waals surface area contributed by atoms with Gasteiger partial charge in [-0.05, 0) is 61.1 Å². The summed E-state index contributed by atoms with van der Waals surface area (Å²) in [4.78, 5) is 24.4. The van der Waals surface area contributed by atoms with Crippen molar-refractivity contribution in [1.82, 2.24) is 5.32 Å². The Morgan fingerprint density at radius 1 is 0.828 bits per heavy atom. The van der Waals surface area contributed by atoms with Crippen molar-refractivity contribution in [3.8, 4) is 0 Å². The van der Waals surface area contributed by atoms with Crippen LogP contribution < -0.4 is 16.0 Å². The molecule has 0 aromatic heterocycles. The summed E-state index contributed by atoms with van der Waals surface area (Å²) in [6.45, 7) is 1.94. The van der Waals surface area contributed by atoms with E-state index in [0.717, 1.165) is 11.1 Å². The third-order valence-electron chi connectivity index (χ3n) is 4.14. The lowest BCUT2D eigenvalue weighted by molar-refractivity contribution is -0.119. The quantitative estimate of drug-likeness (QED) is 0.556. The van der Waals surface area contributed by atoms with E-state index in [2.05, 4.69) is 16.0 Å². The topological polar surface area (TPSA) is 70.2 Å². The van der Waals surface area contributed by atoms with Gasteiger partial charge in [-0.1, -0.05) is 48.0 Å². The van der Waals surface area contributed by atoms with E-state index in [0.29, 0.717) is 16.9 Å². The molecule has 3 N–H and O–H groups in total. The Hall–Kier alpha value is -3.51. The SMILES string of the molecule is Cc1cccc(C(=O)Nc2ccc(NC(=S)NC(=O)Cc3ccccc3)cc2)c1. The van der Waals surface area contributed by atoms with E-state index >= 15 is 0 Å². The van der Waals surface area contributed by atoms with Gasteiger partial charge < -0.3 is 16.0 Å². The Labute approximate surface area is 175 Å². The van der Waals surface area contributed by atoms with Gasteiger partial charge in [-0.3, -0.25) is 9.59 Å². The molecular formula is C23H21N3O2S. The Bertz CT molecular complexity index is 1020. The first kappa shape index (κ1) is 20.2. The summed E-state index contributed by atoms with van der Waals surface area (Å²) in [6.07, 6.45) is 0.257. The molecule has 0 fully saturated rings. The van der Waals surface area contributed by atoms with E-state index in [1.165, 1.54) is 0 Å². The lowest BCUT2D eigenvalue weighted by Crippen LogP contribution is -2.35. The summed E-state index contributed by atoms with van der Waals surface area (Å²) in [5.41, 5.74) is 3.93. The summed E-state index contributed by atoms with van der Waals surface area (Å²) in [7, 11) is 0. The van der Waals surface area contributed by atoms with Crippen LogP contribution in [0.25, 0.3) is 0 Å². The molecule has 3 rings (SSSR count). The molecule has 29 heavy (non-hydrogen) atoms. The molecule has 0 atom stereocenters. The molecule has 3 aromatic rings. The van der Waals surface area contributed by atoms with Crippen LogP contribution in [0.1, 0.15) is 21.5 Å². The second-order valence-corrected chi connectivity index (χ2v) is 6.97. The van der Waals surface area contributed by atoms with Crippen molar-refractivity contribution < 1.29 is 9.59 Å². The summed E-state index contributed by atoms with van der Waals surface area (Å²) in [6, 6.07) is 24.0. The molecular weight excluding hydrogens is 382 g/mol. The lowest BCUT2D eigenvalue weighted by Gasteiger charge is -2.11. The highest BCUT2D eigenvalue weighted by Crippen LogP contribution is 2.15. The van der Waals surface area contributed by atoms with E-state index in [-0.39, 0.29) is 23.3 Å². The van der Waals surface area contributed by atoms with Gasteiger partial charge in [-0.15, -0.1) is 0 Å². The van der Waals surface area contributed by atoms with Crippen molar-refractivity contribution in [2.45, 2.75) is 13.3 Å². The number of thiocarbonyl (C=S) groups is 1. The van der Waals surface area contributed by atoms with Crippen molar-refractivity contribution in [3.63, 3.8) is 0 Å². The third kappa shape index (κ3) is 6.26. The summed E-state index contributed by atoms with van der Waals surface area (Å²) in [5.74, 6) is -0.353. The fraction of sp³-hybridized carbons (Fsp3) is 0.0870. The van der Waals surface area contributed by atoms with E-state index < -0.39 is 0 Å². The smallest absolute Gasteiger partial charge is 0.255 e. The molecule has 0 bridgehead atoms. The van der Waals surface area contributed by atoms with Crippen LogP contribution in [-0.2, 0) is 11.2 Å². The molecule has 0 saturated heterocycles. The summed E-state index contributed by atoms with van der Waals surface area (Å²) in [5, 5.41) is 8.71. The van der Waals surface area contributed by atoms with Crippen LogP contribution in [0.4, 0.5) is 11.4 Å². The second-order valence-electron chi connectivity index (χ2n) is 6.57. The van der Waals surface area contributed by atoms with Crippen molar-refractivity contribution in [3.05, 3.63) is 95.6 Å². The molecule has 0 radical (unpaired) electrons. The maximum Gasteiger partial charge on any atom is 0.255 e. The molecule has 5 nitrogen and oxygen atoms in total. The monoisotopic (exact) mass is 403 g/mol. The maximum absolute atomic E-state index is 12.3. The lowest BCUT2D eigenvalue weighted by atomic mass is 10.1. The Balaban J connectivity index is 1.51. The first-order valence-corrected chi connectivity index (χ1v) is 9.53. The first-order valence-electron chi connectivity index (χ1n) is 9.12. The molecule has 0 aliphatic rings. The molecule has 2 amide bonds. The normalized spacial score (nSPS) is 10.1. The van der Waals surface area contributed by atoms with Crippen LogP contribution in [0, 0.1) is 6.92 Å². The Kier molecular flexibility index (Phi) is 6.71. The molecule has 3 aromatic carbocycles. The summed E-state index contributed by atoms with van der Waals surface area (Å²) < 4.78 is 0. The number of benzene rings is 3. The number of carbonyl (C=O) groups is 2. The predicted octanol–water partition coefficient (Wildman–Crippen LogP) is 4.30. The van der Waals surface area contributed by atoms with Gasteiger partial charge in [0.15, 0.2) is 5.11 Å². The van der Waals surface area contributed by atoms with Crippen LogP contribution >= 0.6 is 12.2 Å². The number of hydrogen-bond acceptors (Lipinski definition) is 3. The first-order chi connectivity index (χ1) is 14.0. The number of hydrogen-bond donors (Lipinski definition) is 3. The van der Waals surface area contributed by atoms with Gasteiger partial charge in [-0.2, -0.15) is 0 Å². The highest BCUT2D eigenvalue weighted by Gasteiger charge is 2.08. The average Bonchev–Trinajstić information content (AvgIpc) is 2.70. The number of aryl methyl sites for hydroxylation is 1. The molecule has 6 heteroatoms. The van der Waals surface area contributed by atoms with Crippen molar-refractivity contribution in [1.29, 1.82) is 0 Å². The number of anilines is 2. The minimum absolute atomic E-state index is 0.168. The number of nitrogens with one attached hydrogen (secondary N) is 3. The molecule has 0 aliphatic carbocycles. The van der Waals surface area contributed by atoms with Gasteiger partial charge in [0.05, 0.1) is 6.42 Å². The van der Waals surface area contributed by atoms with Crippen LogP contribution in [-0.4, -0.2) is 16.9 Å². The number of carbonyl (C=O) groups excluding carboxylic acids is 2. The van der Waals surface area contributed by atoms with E-state index in [1.807, 2.05) is 55.5 Å². The maximum atomic E-state index is 12.3. The zero-order valence-corrected chi connectivity index (χ0v) is 16.8. The van der Waals surface area contributed by atoms with Gasteiger partial charge in [-0.25, -0.2) is 0 Å². The second kappa shape index (κ2) is 9.61. The highest BCUT2D eigenvalue weighted by atomic mass is 32.1. The minimum Gasteiger partial charge on any atom is -0.332 e. The van der Waals surface area contributed by atoms with Crippen LogP contribution in [0.3, 0.4) is 0 Å². The molecule has 0 heterocycles. The third-order valence-corrected chi connectivity index (χ3v) is 4.35. The molecule has 0 aliphatic heterocycles. The van der Waals surface area contributed by atoms with Crippen LogP contribution in [0.5, 0.6) is 0 Å². The zero-order valence-electron chi connectivity index (χ0n) is 15.9. The molecule has 146 valence electrons. The summed E-state index contributed by atoms with van der Waals surface area (Å²) >= 11 is 5.19. The Morgan fingerprint density at radius 3 is 2.14 bits per heavy atom. The van der Waals surface area contributed by atoms with E-state index in [9.17, 15) is 9.59 Å². The highest BCUT2D eigenvalue weighted by molar-refractivity contribution is 7.80. The molecule has 0 spiro atoms. The van der Waals surface area contributed by atoms with Gasteiger partial charge in [0, 0.05) is 16.9 Å². The number of amides is 2. The zero-order chi connectivity index (χ0) is 20.6. The van der Waals surface area contributed by atoms with Crippen molar-refractivity contribution >= 4 is 40.5 Å². The van der Waals surface area contributed by atoms with E-state index in [1.54, 1.807) is 30.3 Å². The van der Waals surface area contributed by atoms with Crippen molar-refractivity contribution in [2.24, 2.45) is 0 Å². The van der Waals surface area contributed by atoms with Gasteiger partial charge >= 0.3 is 0 Å². The minimum atomic E-state index is -0.185. The standard InChI is InChI=1S/C23H21N3O2S/c1-16-6-5-9-18(14-16)22(28)24-19-10-12-20(13-11-19)25-23(29)26-21(27)15-17-7-3-2-4-8-17/h2-14H,15H2,1H3,(H,24,28)(H2,25,26,27,29). The van der Waals surface area contributed by atoms with Crippen molar-refractivity contribution in [2.75, 3.05) is 10.6 Å². The van der Waals surface area contributed by atoms with Gasteiger partial charge in [0.2, 0.25) is 5.91 Å².